The number of aromatic hydroxyl groups is 1. The molecule has 1 heterocycles. The highest BCUT2D eigenvalue weighted by Crippen LogP contribution is 2.19. The summed E-state index contributed by atoms with van der Waals surface area (Å²) in [7, 11) is 0. The molecular formula is C15H21N3O3. The van der Waals surface area contributed by atoms with Gasteiger partial charge in [-0.3, -0.25) is 14.5 Å². The second-order valence-corrected chi connectivity index (χ2v) is 5.19. The fourth-order valence-corrected chi connectivity index (χ4v) is 2.35. The minimum absolute atomic E-state index is 0.0562. The Morgan fingerprint density at radius 3 is 3.05 bits per heavy atom. The fourth-order valence-electron chi connectivity index (χ4n) is 2.35. The van der Waals surface area contributed by atoms with E-state index in [4.69, 9.17) is 0 Å². The molecule has 0 radical (unpaired) electrons. The predicted octanol–water partition coefficient (Wildman–Crippen LogP) is 0.252. The van der Waals surface area contributed by atoms with Gasteiger partial charge >= 0.3 is 0 Å². The van der Waals surface area contributed by atoms with E-state index in [1.165, 1.54) is 0 Å². The monoisotopic (exact) mass is 291 g/mol. The standard InChI is InChI=1S/C15H21N3O3/c1-11-12(4-2-5-13(11)19)15(21)17-6-3-8-18-9-7-16-14(20)10-18/h2,4-5,19H,3,6-10H2,1H3,(H,16,20)(H,17,21). The second kappa shape index (κ2) is 7.08. The number of carbonyl (C=O) groups excluding carboxylic acids is 2. The number of phenols is 1. The summed E-state index contributed by atoms with van der Waals surface area (Å²) in [6.45, 7) is 5.02. The molecule has 114 valence electrons. The van der Waals surface area contributed by atoms with Crippen molar-refractivity contribution in [3.8, 4) is 5.75 Å². The molecule has 2 amide bonds. The van der Waals surface area contributed by atoms with Gasteiger partial charge in [-0.1, -0.05) is 6.07 Å². The first kappa shape index (κ1) is 15.3. The molecule has 1 aromatic carbocycles. The molecule has 0 aromatic heterocycles. The summed E-state index contributed by atoms with van der Waals surface area (Å²) in [5, 5.41) is 15.2. The number of piperazine rings is 1. The van der Waals surface area contributed by atoms with Gasteiger partial charge in [0.2, 0.25) is 5.91 Å². The average molecular weight is 291 g/mol. The number of hydrogen-bond acceptors (Lipinski definition) is 4. The molecular weight excluding hydrogens is 270 g/mol. The van der Waals surface area contributed by atoms with E-state index in [0.717, 1.165) is 19.5 Å². The van der Waals surface area contributed by atoms with Crippen LogP contribution in [0.2, 0.25) is 0 Å². The van der Waals surface area contributed by atoms with Gasteiger partial charge in [-0.25, -0.2) is 0 Å². The highest BCUT2D eigenvalue weighted by Gasteiger charge is 2.15. The van der Waals surface area contributed by atoms with Crippen molar-refractivity contribution in [3.63, 3.8) is 0 Å². The molecule has 3 N–H and O–H groups in total. The smallest absolute Gasteiger partial charge is 0.251 e. The van der Waals surface area contributed by atoms with Crippen molar-refractivity contribution in [1.82, 2.24) is 15.5 Å². The summed E-state index contributed by atoms with van der Waals surface area (Å²) in [5.41, 5.74) is 1.08. The topological polar surface area (TPSA) is 81.7 Å². The predicted molar refractivity (Wildman–Crippen MR) is 79.2 cm³/mol. The minimum Gasteiger partial charge on any atom is -0.508 e. The van der Waals surface area contributed by atoms with Crippen molar-refractivity contribution in [2.45, 2.75) is 13.3 Å². The third-order valence-corrected chi connectivity index (χ3v) is 3.60. The zero-order valence-electron chi connectivity index (χ0n) is 12.2. The van der Waals surface area contributed by atoms with Gasteiger partial charge in [-0.05, 0) is 25.5 Å². The van der Waals surface area contributed by atoms with E-state index in [-0.39, 0.29) is 17.6 Å². The SMILES string of the molecule is Cc1c(O)cccc1C(=O)NCCCN1CCNC(=O)C1. The molecule has 21 heavy (non-hydrogen) atoms. The molecule has 0 atom stereocenters. The summed E-state index contributed by atoms with van der Waals surface area (Å²) in [6, 6.07) is 4.91. The molecule has 1 aliphatic rings. The maximum absolute atomic E-state index is 12.0. The highest BCUT2D eigenvalue weighted by atomic mass is 16.3. The first-order valence-electron chi connectivity index (χ1n) is 7.14. The van der Waals surface area contributed by atoms with E-state index in [9.17, 15) is 14.7 Å². The number of hydrogen-bond donors (Lipinski definition) is 3. The summed E-state index contributed by atoms with van der Waals surface area (Å²) in [5.74, 6) is 0.00226. The van der Waals surface area contributed by atoms with Gasteiger partial charge in [-0.2, -0.15) is 0 Å². The van der Waals surface area contributed by atoms with Crippen LogP contribution >= 0.6 is 0 Å². The van der Waals surface area contributed by atoms with E-state index >= 15 is 0 Å². The average Bonchev–Trinajstić information content (AvgIpc) is 2.46. The molecule has 1 aromatic rings. The van der Waals surface area contributed by atoms with Crippen LogP contribution in [0, 0.1) is 6.92 Å². The Labute approximate surface area is 124 Å². The van der Waals surface area contributed by atoms with E-state index in [0.29, 0.717) is 30.8 Å². The van der Waals surface area contributed by atoms with Crippen molar-refractivity contribution < 1.29 is 14.7 Å². The van der Waals surface area contributed by atoms with Crippen molar-refractivity contribution >= 4 is 11.8 Å². The lowest BCUT2D eigenvalue weighted by atomic mass is 10.1. The summed E-state index contributed by atoms with van der Waals surface area (Å²) in [4.78, 5) is 25.3. The molecule has 0 unspecified atom stereocenters. The summed E-state index contributed by atoms with van der Waals surface area (Å²) < 4.78 is 0. The van der Waals surface area contributed by atoms with Crippen LogP contribution in [0.15, 0.2) is 18.2 Å². The molecule has 1 aliphatic heterocycles. The van der Waals surface area contributed by atoms with E-state index in [2.05, 4.69) is 15.5 Å². The number of amides is 2. The van der Waals surface area contributed by atoms with Gasteiger partial charge in [0.25, 0.3) is 5.91 Å². The van der Waals surface area contributed by atoms with Gasteiger partial charge in [0.1, 0.15) is 5.75 Å². The van der Waals surface area contributed by atoms with Crippen molar-refractivity contribution in [2.24, 2.45) is 0 Å². The Morgan fingerprint density at radius 2 is 2.29 bits per heavy atom. The van der Waals surface area contributed by atoms with Gasteiger partial charge < -0.3 is 15.7 Å². The van der Waals surface area contributed by atoms with Crippen LogP contribution in [0.1, 0.15) is 22.3 Å². The zero-order chi connectivity index (χ0) is 15.2. The van der Waals surface area contributed by atoms with Crippen molar-refractivity contribution in [3.05, 3.63) is 29.3 Å². The molecule has 1 saturated heterocycles. The number of rotatable bonds is 5. The molecule has 0 spiro atoms. The number of phenolic OH excluding ortho intramolecular Hbond substituents is 1. The molecule has 0 saturated carbocycles. The zero-order valence-corrected chi connectivity index (χ0v) is 12.2. The third kappa shape index (κ3) is 4.19. The van der Waals surface area contributed by atoms with Crippen molar-refractivity contribution in [1.29, 1.82) is 0 Å². The Balaban J connectivity index is 1.74. The number of benzene rings is 1. The molecule has 0 aliphatic carbocycles. The van der Waals surface area contributed by atoms with Gasteiger partial charge in [0.05, 0.1) is 6.54 Å². The largest absolute Gasteiger partial charge is 0.508 e. The van der Waals surface area contributed by atoms with Crippen LogP contribution in [0.3, 0.4) is 0 Å². The van der Waals surface area contributed by atoms with Crippen molar-refractivity contribution in [2.75, 3.05) is 32.7 Å². The maximum atomic E-state index is 12.0. The summed E-state index contributed by atoms with van der Waals surface area (Å²) in [6.07, 6.45) is 0.789. The van der Waals surface area contributed by atoms with E-state index in [1.54, 1.807) is 25.1 Å². The maximum Gasteiger partial charge on any atom is 0.251 e. The quantitative estimate of drug-likeness (QED) is 0.679. The second-order valence-electron chi connectivity index (χ2n) is 5.19. The number of nitrogens with one attached hydrogen (secondary N) is 2. The molecule has 0 bridgehead atoms. The Morgan fingerprint density at radius 1 is 1.48 bits per heavy atom. The Kier molecular flexibility index (Phi) is 5.16. The van der Waals surface area contributed by atoms with Crippen LogP contribution in [0.25, 0.3) is 0 Å². The van der Waals surface area contributed by atoms with Gasteiger partial charge in [0, 0.05) is 37.3 Å². The minimum atomic E-state index is -0.181. The third-order valence-electron chi connectivity index (χ3n) is 3.60. The number of nitrogens with zero attached hydrogens (tertiary/aromatic N) is 1. The molecule has 1 fully saturated rings. The van der Waals surface area contributed by atoms with Crippen LogP contribution in [0.4, 0.5) is 0 Å². The lowest BCUT2D eigenvalue weighted by molar-refractivity contribution is -0.124. The summed E-state index contributed by atoms with van der Waals surface area (Å²) >= 11 is 0. The van der Waals surface area contributed by atoms with Crippen LogP contribution < -0.4 is 10.6 Å². The molecule has 6 heteroatoms. The lowest BCUT2D eigenvalue weighted by Crippen LogP contribution is -2.48. The van der Waals surface area contributed by atoms with Crippen LogP contribution in [0.5, 0.6) is 5.75 Å². The Hall–Kier alpha value is -2.08. The van der Waals surface area contributed by atoms with Crippen LogP contribution in [-0.4, -0.2) is 54.5 Å². The fraction of sp³-hybridized carbons (Fsp3) is 0.467. The first-order chi connectivity index (χ1) is 10.1. The number of carbonyl (C=O) groups is 2. The van der Waals surface area contributed by atoms with Gasteiger partial charge in [-0.15, -0.1) is 0 Å². The van der Waals surface area contributed by atoms with Gasteiger partial charge in [0.15, 0.2) is 0 Å². The lowest BCUT2D eigenvalue weighted by Gasteiger charge is -2.26. The highest BCUT2D eigenvalue weighted by molar-refractivity contribution is 5.96. The molecule has 2 rings (SSSR count). The van der Waals surface area contributed by atoms with E-state index < -0.39 is 0 Å². The van der Waals surface area contributed by atoms with Crippen LogP contribution in [-0.2, 0) is 4.79 Å². The first-order valence-corrected chi connectivity index (χ1v) is 7.14. The Bertz CT molecular complexity index is 531. The normalized spacial score (nSPS) is 15.6. The molecule has 6 nitrogen and oxygen atoms in total. The van der Waals surface area contributed by atoms with E-state index in [1.807, 2.05) is 0 Å².